The minimum absolute atomic E-state index is 0.117. The number of aromatic nitrogens is 1. The van der Waals surface area contributed by atoms with Crippen molar-refractivity contribution in [3.8, 4) is 22.6 Å². The van der Waals surface area contributed by atoms with Gasteiger partial charge in [0, 0.05) is 36.6 Å². The zero-order chi connectivity index (χ0) is 24.7. The second-order valence-corrected chi connectivity index (χ2v) is 10.3. The van der Waals surface area contributed by atoms with Gasteiger partial charge in [0.15, 0.2) is 17.3 Å². The second-order valence-electron chi connectivity index (χ2n) is 10.3. The lowest BCUT2D eigenvalue weighted by Gasteiger charge is -2.39. The summed E-state index contributed by atoms with van der Waals surface area (Å²) in [5.41, 5.74) is 4.65. The Morgan fingerprint density at radius 3 is 2.43 bits per heavy atom. The molecule has 0 spiro atoms. The van der Waals surface area contributed by atoms with Gasteiger partial charge in [-0.3, -0.25) is 9.78 Å². The van der Waals surface area contributed by atoms with E-state index in [4.69, 9.17) is 9.72 Å². The number of phenolic OH excluding ortho intramolecular Hbond substituents is 1. The molecule has 6 heteroatoms. The van der Waals surface area contributed by atoms with Crippen LogP contribution in [0.5, 0.6) is 11.5 Å². The van der Waals surface area contributed by atoms with Gasteiger partial charge in [-0.05, 0) is 88.0 Å². The lowest BCUT2D eigenvalue weighted by atomic mass is 9.88. The number of hydrogen-bond donors (Lipinski definition) is 1. The smallest absolute Gasteiger partial charge is 0.169 e. The Labute approximate surface area is 207 Å². The zero-order valence-electron chi connectivity index (χ0n) is 21.1. The van der Waals surface area contributed by atoms with Gasteiger partial charge in [-0.15, -0.1) is 0 Å². The summed E-state index contributed by atoms with van der Waals surface area (Å²) in [6, 6.07) is 12.1. The summed E-state index contributed by atoms with van der Waals surface area (Å²) >= 11 is 0. The molecule has 1 saturated heterocycles. The Balaban J connectivity index is 1.58. The summed E-state index contributed by atoms with van der Waals surface area (Å²) in [5.74, 6) is 1.58. The number of carbonyl (C=O) groups excluding carboxylic acids is 1. The van der Waals surface area contributed by atoms with Crippen LogP contribution in [0.15, 0.2) is 42.6 Å². The molecule has 1 atom stereocenters. The maximum atomic E-state index is 13.3. The normalized spacial score (nSPS) is 17.7. The second kappa shape index (κ2) is 9.50. The highest BCUT2D eigenvalue weighted by molar-refractivity contribution is 6.10. The molecule has 1 saturated carbocycles. The number of methoxy groups -OCH3 is 1. The number of ketones is 1. The van der Waals surface area contributed by atoms with E-state index in [0.29, 0.717) is 17.7 Å². The van der Waals surface area contributed by atoms with E-state index in [1.165, 1.54) is 0 Å². The first kappa shape index (κ1) is 23.6. The summed E-state index contributed by atoms with van der Waals surface area (Å²) in [5, 5.41) is 11.0. The van der Waals surface area contributed by atoms with Gasteiger partial charge in [-0.2, -0.15) is 0 Å². The maximum Gasteiger partial charge on any atom is 0.169 e. The van der Waals surface area contributed by atoms with E-state index in [2.05, 4.69) is 36.9 Å². The Hall–Kier alpha value is -3.12. The fraction of sp³-hybridized carbons (Fsp3) is 0.448. The van der Waals surface area contributed by atoms with Gasteiger partial charge < -0.3 is 19.6 Å². The van der Waals surface area contributed by atoms with Crippen LogP contribution in [-0.4, -0.2) is 61.1 Å². The first-order valence-corrected chi connectivity index (χ1v) is 12.6. The van der Waals surface area contributed by atoms with Crippen molar-refractivity contribution in [2.24, 2.45) is 11.8 Å². The number of nitrogens with zero attached hydrogens (tertiary/aromatic N) is 3. The van der Waals surface area contributed by atoms with Crippen LogP contribution in [0, 0.1) is 11.8 Å². The Bertz CT molecular complexity index is 1240. The van der Waals surface area contributed by atoms with Gasteiger partial charge in [0.25, 0.3) is 0 Å². The molecule has 3 aromatic rings. The van der Waals surface area contributed by atoms with E-state index in [1.807, 2.05) is 24.3 Å². The molecule has 2 aliphatic rings. The molecule has 0 amide bonds. The molecule has 1 aliphatic heterocycles. The highest BCUT2D eigenvalue weighted by Crippen LogP contribution is 2.41. The molecule has 184 valence electrons. The van der Waals surface area contributed by atoms with Crippen molar-refractivity contribution < 1.29 is 14.6 Å². The Morgan fingerprint density at radius 2 is 1.77 bits per heavy atom. The number of Topliss-reactive ketones (excluding diaryl/α,β-unsaturated/α-hetero) is 1. The number of benzene rings is 2. The first-order valence-electron chi connectivity index (χ1n) is 12.6. The number of anilines is 1. The lowest BCUT2D eigenvalue weighted by Crippen LogP contribution is -2.42. The number of carbonyl (C=O) groups is 1. The number of phenols is 1. The molecule has 1 unspecified atom stereocenters. The van der Waals surface area contributed by atoms with Gasteiger partial charge in [0.1, 0.15) is 0 Å². The van der Waals surface area contributed by atoms with Crippen molar-refractivity contribution in [1.82, 2.24) is 9.88 Å². The third-order valence-electron chi connectivity index (χ3n) is 7.92. The number of rotatable bonds is 7. The molecule has 2 heterocycles. The molecule has 0 bridgehead atoms. The topological polar surface area (TPSA) is 65.9 Å². The standard InChI is InChI=1S/C29H35N3O3/c1-18(31(2)3)19-11-13-32(14-12-19)28-23-15-21(22-8-10-26(33)27(16-22)35-4)7-9-25(23)30-17-24(28)29(34)20-5-6-20/h7-10,15-20,33H,5-6,11-14H2,1-4H3. The Kier molecular flexibility index (Phi) is 6.41. The van der Waals surface area contributed by atoms with Crippen LogP contribution in [0.1, 0.15) is 43.0 Å². The summed E-state index contributed by atoms with van der Waals surface area (Å²) in [6.45, 7) is 4.18. The van der Waals surface area contributed by atoms with Gasteiger partial charge >= 0.3 is 0 Å². The quantitative estimate of drug-likeness (QED) is 0.465. The highest BCUT2D eigenvalue weighted by atomic mass is 16.5. The van der Waals surface area contributed by atoms with Crippen molar-refractivity contribution in [3.05, 3.63) is 48.2 Å². The average Bonchev–Trinajstić information content (AvgIpc) is 3.73. The van der Waals surface area contributed by atoms with Crippen molar-refractivity contribution in [2.45, 2.75) is 38.6 Å². The molecule has 6 nitrogen and oxygen atoms in total. The van der Waals surface area contributed by atoms with Crippen LogP contribution in [0.25, 0.3) is 22.0 Å². The van der Waals surface area contributed by atoms with E-state index in [0.717, 1.165) is 72.1 Å². The summed E-state index contributed by atoms with van der Waals surface area (Å²) in [4.78, 5) is 22.8. The largest absolute Gasteiger partial charge is 0.504 e. The Morgan fingerprint density at radius 1 is 1.09 bits per heavy atom. The van der Waals surface area contributed by atoms with Crippen molar-refractivity contribution in [2.75, 3.05) is 39.2 Å². The zero-order valence-corrected chi connectivity index (χ0v) is 21.1. The van der Waals surface area contributed by atoms with Crippen LogP contribution < -0.4 is 9.64 Å². The number of fused-ring (bicyclic) bond motifs is 1. The molecular weight excluding hydrogens is 438 g/mol. The summed E-state index contributed by atoms with van der Waals surface area (Å²) in [7, 11) is 5.86. The molecule has 2 aromatic carbocycles. The third-order valence-corrected chi connectivity index (χ3v) is 7.92. The predicted molar refractivity (Wildman–Crippen MR) is 141 cm³/mol. The summed E-state index contributed by atoms with van der Waals surface area (Å²) < 4.78 is 5.32. The molecule has 2 fully saturated rings. The van der Waals surface area contributed by atoms with E-state index in [-0.39, 0.29) is 17.5 Å². The fourth-order valence-electron chi connectivity index (χ4n) is 5.33. The van der Waals surface area contributed by atoms with Gasteiger partial charge in [-0.1, -0.05) is 12.1 Å². The van der Waals surface area contributed by atoms with Crippen molar-refractivity contribution in [3.63, 3.8) is 0 Å². The van der Waals surface area contributed by atoms with Crippen LogP contribution in [-0.2, 0) is 0 Å². The van der Waals surface area contributed by atoms with Gasteiger partial charge in [0.2, 0.25) is 0 Å². The predicted octanol–water partition coefficient (Wildman–Crippen LogP) is 5.38. The van der Waals surface area contributed by atoms with E-state index in [9.17, 15) is 9.90 Å². The number of pyridine rings is 1. The minimum Gasteiger partial charge on any atom is -0.504 e. The SMILES string of the molecule is COc1cc(-c2ccc3ncc(C(=O)C4CC4)c(N4CCC(C(C)N(C)C)CC4)c3c2)ccc1O. The number of piperidine rings is 1. The molecule has 1 aliphatic carbocycles. The fourth-order valence-corrected chi connectivity index (χ4v) is 5.33. The van der Waals surface area contributed by atoms with Gasteiger partial charge in [0.05, 0.1) is 23.9 Å². The molecular formula is C29H35N3O3. The van der Waals surface area contributed by atoms with E-state index in [1.54, 1.807) is 19.4 Å². The van der Waals surface area contributed by atoms with E-state index >= 15 is 0 Å². The first-order chi connectivity index (χ1) is 16.9. The molecule has 1 aromatic heterocycles. The van der Waals surface area contributed by atoms with Crippen LogP contribution in [0.3, 0.4) is 0 Å². The molecule has 0 radical (unpaired) electrons. The monoisotopic (exact) mass is 473 g/mol. The number of aromatic hydroxyl groups is 1. The number of hydrogen-bond acceptors (Lipinski definition) is 6. The summed E-state index contributed by atoms with van der Waals surface area (Å²) in [6.07, 6.45) is 5.97. The van der Waals surface area contributed by atoms with E-state index < -0.39 is 0 Å². The molecule has 5 rings (SSSR count). The van der Waals surface area contributed by atoms with Gasteiger partial charge in [-0.25, -0.2) is 0 Å². The lowest BCUT2D eigenvalue weighted by molar-refractivity contribution is 0.0967. The van der Waals surface area contributed by atoms with Crippen LogP contribution in [0.4, 0.5) is 5.69 Å². The van der Waals surface area contributed by atoms with Crippen molar-refractivity contribution >= 4 is 22.4 Å². The third kappa shape index (κ3) is 4.59. The molecule has 35 heavy (non-hydrogen) atoms. The van der Waals surface area contributed by atoms with Crippen molar-refractivity contribution in [1.29, 1.82) is 0 Å². The van der Waals surface area contributed by atoms with Crippen LogP contribution in [0.2, 0.25) is 0 Å². The van der Waals surface area contributed by atoms with Crippen LogP contribution >= 0.6 is 0 Å². The highest BCUT2D eigenvalue weighted by Gasteiger charge is 2.34. The molecule has 1 N–H and O–H groups in total. The number of ether oxygens (including phenoxy) is 1. The minimum atomic E-state index is 0.117. The average molecular weight is 474 g/mol. The maximum absolute atomic E-state index is 13.3.